The van der Waals surface area contributed by atoms with Gasteiger partial charge in [0.1, 0.15) is 5.75 Å². The molecule has 0 amide bonds. The molecule has 1 heterocycles. The Hall–Kier alpha value is -3.38. The average Bonchev–Trinajstić information content (AvgIpc) is 3.35. The molecule has 0 radical (unpaired) electrons. The Balaban J connectivity index is 2.03. The van der Waals surface area contributed by atoms with Gasteiger partial charge in [-0.05, 0) is 29.7 Å². The normalized spacial score (nSPS) is 13.2. The van der Waals surface area contributed by atoms with Gasteiger partial charge in [-0.25, -0.2) is 9.78 Å². The first-order valence-electron chi connectivity index (χ1n) is 10.6. The molecule has 1 atom stereocenters. The number of nitrogens with zero attached hydrogens (tertiary/aromatic N) is 2. The van der Waals surface area contributed by atoms with Crippen molar-refractivity contribution in [3.8, 4) is 5.75 Å². The van der Waals surface area contributed by atoms with Gasteiger partial charge in [-0.1, -0.05) is 50.2 Å². The molecule has 3 rings (SSSR count). The monoisotopic (exact) mass is 540 g/mol. The maximum Gasteiger partial charge on any atom is 0.429 e. The first-order valence-corrected chi connectivity index (χ1v) is 13.0. The van der Waals surface area contributed by atoms with Gasteiger partial charge >= 0.3 is 12.1 Å². The predicted molar refractivity (Wildman–Crippen MR) is 130 cm³/mol. The standard InChI is InChI=1S/C24H23F3N2O5S2/c1-16(2)15-29(36(32,33)23-28-13-14-35-23)19-5-3-4-6-20(19)34-22(24(25,26)27)18-10-7-17(8-11-18)9-12-21(30)31/h3-14,16,22H,15H2,1-2H3,(H,30,31). The highest BCUT2D eigenvalue weighted by Crippen LogP contribution is 2.41. The van der Waals surface area contributed by atoms with E-state index < -0.39 is 28.3 Å². The van der Waals surface area contributed by atoms with Crippen molar-refractivity contribution in [3.05, 3.63) is 77.3 Å². The topological polar surface area (TPSA) is 96.8 Å². The zero-order chi connectivity index (χ0) is 26.5. The summed E-state index contributed by atoms with van der Waals surface area (Å²) in [5.74, 6) is -1.61. The van der Waals surface area contributed by atoms with Crippen LogP contribution in [0.5, 0.6) is 5.75 Å². The van der Waals surface area contributed by atoms with E-state index in [1.165, 1.54) is 66.2 Å². The van der Waals surface area contributed by atoms with Gasteiger partial charge in [-0.15, -0.1) is 11.3 Å². The minimum Gasteiger partial charge on any atom is -0.478 e. The van der Waals surface area contributed by atoms with E-state index in [4.69, 9.17) is 9.84 Å². The van der Waals surface area contributed by atoms with Crippen molar-refractivity contribution in [3.63, 3.8) is 0 Å². The number of halogens is 3. The second-order valence-electron chi connectivity index (χ2n) is 8.07. The fourth-order valence-corrected chi connectivity index (χ4v) is 5.82. The third-order valence-electron chi connectivity index (χ3n) is 4.79. The van der Waals surface area contributed by atoms with Gasteiger partial charge in [-0.3, -0.25) is 4.31 Å². The van der Waals surface area contributed by atoms with E-state index in [0.29, 0.717) is 5.56 Å². The maximum atomic E-state index is 14.1. The zero-order valence-corrected chi connectivity index (χ0v) is 20.8. The van der Waals surface area contributed by atoms with Crippen LogP contribution in [0.1, 0.15) is 31.1 Å². The van der Waals surface area contributed by atoms with E-state index in [-0.39, 0.29) is 33.8 Å². The SMILES string of the molecule is CC(C)CN(c1ccccc1OC(c1ccc(C=CC(=O)O)cc1)C(F)(F)F)S(=O)(=O)c1nccs1. The molecule has 0 aliphatic rings. The van der Waals surface area contributed by atoms with Crippen molar-refractivity contribution in [1.82, 2.24) is 4.98 Å². The molecule has 0 saturated carbocycles. The summed E-state index contributed by atoms with van der Waals surface area (Å²) in [6.07, 6.45) is -3.78. The fraction of sp³-hybridized carbons (Fsp3) is 0.250. The summed E-state index contributed by atoms with van der Waals surface area (Å²) in [4.78, 5) is 14.6. The minimum atomic E-state index is -4.83. The number of ether oxygens (including phenoxy) is 1. The molecule has 3 aromatic rings. The molecule has 7 nitrogen and oxygen atoms in total. The van der Waals surface area contributed by atoms with Gasteiger partial charge in [0, 0.05) is 29.8 Å². The Kier molecular flexibility index (Phi) is 8.41. The molecule has 0 spiro atoms. The summed E-state index contributed by atoms with van der Waals surface area (Å²) < 4.78 is 75.2. The highest BCUT2D eigenvalue weighted by atomic mass is 32.2. The Morgan fingerprint density at radius 2 is 1.83 bits per heavy atom. The number of benzene rings is 2. The van der Waals surface area contributed by atoms with E-state index in [0.717, 1.165) is 21.7 Å². The number of thiazole rings is 1. The lowest BCUT2D eigenvalue weighted by atomic mass is 10.1. The highest BCUT2D eigenvalue weighted by molar-refractivity contribution is 7.94. The highest BCUT2D eigenvalue weighted by Gasteiger charge is 2.44. The number of carbonyl (C=O) groups is 1. The third kappa shape index (κ3) is 6.64. The number of rotatable bonds is 10. The number of aromatic nitrogens is 1. The van der Waals surface area contributed by atoms with Crippen molar-refractivity contribution >= 4 is 39.1 Å². The number of hydrogen-bond donors (Lipinski definition) is 1. The number of alkyl halides is 3. The second kappa shape index (κ2) is 11.1. The lowest BCUT2D eigenvalue weighted by Crippen LogP contribution is -2.35. The quantitative estimate of drug-likeness (QED) is 0.328. The molecule has 1 unspecified atom stereocenters. The molecule has 0 aliphatic carbocycles. The number of anilines is 1. The van der Waals surface area contributed by atoms with Crippen LogP contribution in [0.25, 0.3) is 6.08 Å². The molecule has 0 fully saturated rings. The van der Waals surface area contributed by atoms with Crippen molar-refractivity contribution in [2.45, 2.75) is 30.5 Å². The van der Waals surface area contributed by atoms with Crippen molar-refractivity contribution in [2.24, 2.45) is 5.92 Å². The largest absolute Gasteiger partial charge is 0.478 e. The number of para-hydroxylation sites is 2. The first kappa shape index (κ1) is 27.2. The molecule has 2 aromatic carbocycles. The fourth-order valence-electron chi connectivity index (χ4n) is 3.25. The Morgan fingerprint density at radius 3 is 2.39 bits per heavy atom. The van der Waals surface area contributed by atoms with Gasteiger partial charge in [0.2, 0.25) is 10.4 Å². The van der Waals surface area contributed by atoms with E-state index in [9.17, 15) is 26.4 Å². The lowest BCUT2D eigenvalue weighted by Gasteiger charge is -2.29. The predicted octanol–water partition coefficient (Wildman–Crippen LogP) is 5.77. The molecule has 1 N–H and O–H groups in total. The van der Waals surface area contributed by atoms with Crippen LogP contribution >= 0.6 is 11.3 Å². The summed E-state index contributed by atoms with van der Waals surface area (Å²) in [5, 5.41) is 10.2. The summed E-state index contributed by atoms with van der Waals surface area (Å²) >= 11 is 0.904. The first-order chi connectivity index (χ1) is 16.9. The molecule has 192 valence electrons. The molecule has 0 aliphatic heterocycles. The van der Waals surface area contributed by atoms with Crippen LogP contribution in [0.2, 0.25) is 0 Å². The van der Waals surface area contributed by atoms with Crippen LogP contribution in [0, 0.1) is 5.92 Å². The third-order valence-corrected chi connectivity index (χ3v) is 7.74. The van der Waals surface area contributed by atoms with Crippen LogP contribution in [0.15, 0.2) is 70.5 Å². The maximum absolute atomic E-state index is 14.1. The molecular weight excluding hydrogens is 517 g/mol. The number of hydrogen-bond acceptors (Lipinski definition) is 6. The minimum absolute atomic E-state index is 0.0103. The average molecular weight is 541 g/mol. The molecule has 36 heavy (non-hydrogen) atoms. The van der Waals surface area contributed by atoms with Gasteiger partial charge < -0.3 is 9.84 Å². The number of carboxylic acid groups (broad SMARTS) is 1. The van der Waals surface area contributed by atoms with Crippen LogP contribution in [0.4, 0.5) is 18.9 Å². The van der Waals surface area contributed by atoms with E-state index in [1.54, 1.807) is 13.8 Å². The molecule has 12 heteroatoms. The van der Waals surface area contributed by atoms with Crippen LogP contribution in [0.3, 0.4) is 0 Å². The van der Waals surface area contributed by atoms with Crippen LogP contribution in [-0.2, 0) is 14.8 Å². The molecular formula is C24H23F3N2O5S2. The van der Waals surface area contributed by atoms with E-state index in [2.05, 4.69) is 4.98 Å². The summed E-state index contributed by atoms with van der Waals surface area (Å²) in [7, 11) is -4.16. The number of sulfonamides is 1. The van der Waals surface area contributed by atoms with Crippen LogP contribution < -0.4 is 9.04 Å². The Morgan fingerprint density at radius 1 is 1.17 bits per heavy atom. The Bertz CT molecular complexity index is 1310. The van der Waals surface area contributed by atoms with Gasteiger partial charge in [0.15, 0.2) is 0 Å². The van der Waals surface area contributed by atoms with Gasteiger partial charge in [0.05, 0.1) is 5.69 Å². The second-order valence-corrected chi connectivity index (χ2v) is 11.0. The molecule has 0 saturated heterocycles. The smallest absolute Gasteiger partial charge is 0.429 e. The number of aliphatic carboxylic acids is 1. The van der Waals surface area contributed by atoms with Crippen molar-refractivity contribution in [2.75, 3.05) is 10.8 Å². The van der Waals surface area contributed by atoms with E-state index >= 15 is 0 Å². The summed E-state index contributed by atoms with van der Waals surface area (Å²) in [5.41, 5.74) is 0.111. The van der Waals surface area contributed by atoms with E-state index in [1.807, 2.05) is 0 Å². The van der Waals surface area contributed by atoms with Crippen LogP contribution in [-0.4, -0.2) is 37.2 Å². The lowest BCUT2D eigenvalue weighted by molar-refractivity contribution is -0.197. The summed E-state index contributed by atoms with van der Waals surface area (Å²) in [6.45, 7) is 3.56. The number of carboxylic acids is 1. The summed E-state index contributed by atoms with van der Waals surface area (Å²) in [6, 6.07) is 10.7. The molecule has 1 aromatic heterocycles. The van der Waals surface area contributed by atoms with Gasteiger partial charge in [-0.2, -0.15) is 21.6 Å². The zero-order valence-electron chi connectivity index (χ0n) is 19.2. The van der Waals surface area contributed by atoms with Crippen molar-refractivity contribution < 1.29 is 36.2 Å². The van der Waals surface area contributed by atoms with Gasteiger partial charge in [0.25, 0.3) is 10.0 Å². The Labute approximate surface area is 210 Å². The van der Waals surface area contributed by atoms with Crippen molar-refractivity contribution in [1.29, 1.82) is 0 Å². The molecule has 0 bridgehead atoms.